The molecule has 30 heavy (non-hydrogen) atoms. The molecule has 158 valence electrons. The largest absolute Gasteiger partial charge is 0.347 e. The second-order valence-electron chi connectivity index (χ2n) is 9.65. The zero-order valence-electron chi connectivity index (χ0n) is 17.2. The van der Waals surface area contributed by atoms with Gasteiger partial charge in [-0.25, -0.2) is 8.42 Å². The van der Waals surface area contributed by atoms with Gasteiger partial charge in [-0.2, -0.15) is 0 Å². The Labute approximate surface area is 178 Å². The summed E-state index contributed by atoms with van der Waals surface area (Å²) in [5.74, 6) is 2.16. The predicted octanol–water partition coefficient (Wildman–Crippen LogP) is 4.49. The molecule has 4 bridgehead atoms. The Hall–Kier alpha value is -2.34. The molecule has 0 aromatic heterocycles. The molecule has 0 aliphatic heterocycles. The lowest BCUT2D eigenvalue weighted by molar-refractivity contribution is -0.0167. The van der Waals surface area contributed by atoms with Gasteiger partial charge in [-0.15, -0.1) is 0 Å². The number of hydrogen-bond acceptors (Lipinski definition) is 3. The highest BCUT2D eigenvalue weighted by Gasteiger charge is 2.51. The molecule has 5 nitrogen and oxygen atoms in total. The summed E-state index contributed by atoms with van der Waals surface area (Å²) in [4.78, 5) is 13.3. The van der Waals surface area contributed by atoms with Gasteiger partial charge in [-0.1, -0.05) is 23.8 Å². The van der Waals surface area contributed by atoms with E-state index in [4.69, 9.17) is 0 Å². The molecule has 4 aliphatic rings. The normalized spacial score (nSPS) is 29.6. The van der Waals surface area contributed by atoms with Crippen LogP contribution in [0.5, 0.6) is 0 Å². The maximum atomic E-state index is 13.1. The highest BCUT2D eigenvalue weighted by molar-refractivity contribution is 7.92. The van der Waals surface area contributed by atoms with E-state index in [9.17, 15) is 13.2 Å². The van der Waals surface area contributed by atoms with Crippen molar-refractivity contribution in [3.63, 3.8) is 0 Å². The number of carbonyl (C=O) groups is 1. The molecule has 0 radical (unpaired) electrons. The number of nitrogens with one attached hydrogen (secondary N) is 2. The van der Waals surface area contributed by atoms with Gasteiger partial charge >= 0.3 is 0 Å². The van der Waals surface area contributed by atoms with Gasteiger partial charge < -0.3 is 5.32 Å². The first-order chi connectivity index (χ1) is 14.3. The molecule has 4 saturated carbocycles. The molecule has 6 rings (SSSR count). The molecule has 0 spiro atoms. The second kappa shape index (κ2) is 7.12. The maximum Gasteiger partial charge on any atom is 0.261 e. The third-order valence-corrected chi connectivity index (χ3v) is 8.52. The summed E-state index contributed by atoms with van der Waals surface area (Å²) in [6.45, 7) is 1.91. The number of aryl methyl sites for hydroxylation is 1. The Bertz CT molecular complexity index is 1040. The van der Waals surface area contributed by atoms with Crippen molar-refractivity contribution in [2.45, 2.75) is 55.9 Å². The van der Waals surface area contributed by atoms with Crippen molar-refractivity contribution in [2.75, 3.05) is 4.72 Å². The quantitative estimate of drug-likeness (QED) is 0.742. The van der Waals surface area contributed by atoms with E-state index in [0.717, 1.165) is 42.6 Å². The Balaban J connectivity index is 1.32. The van der Waals surface area contributed by atoms with Gasteiger partial charge in [0.2, 0.25) is 0 Å². The summed E-state index contributed by atoms with van der Waals surface area (Å²) in [6, 6.07) is 13.5. The van der Waals surface area contributed by atoms with E-state index in [1.165, 1.54) is 19.3 Å². The van der Waals surface area contributed by atoms with Crippen molar-refractivity contribution in [1.82, 2.24) is 5.32 Å². The van der Waals surface area contributed by atoms with Gasteiger partial charge in [0, 0.05) is 16.8 Å². The molecular weight excluding hydrogens is 396 g/mol. The Morgan fingerprint density at radius 2 is 1.53 bits per heavy atom. The van der Waals surface area contributed by atoms with Crippen LogP contribution in [0.25, 0.3) is 0 Å². The lowest BCUT2D eigenvalue weighted by Crippen LogP contribution is -2.59. The van der Waals surface area contributed by atoms with Crippen LogP contribution < -0.4 is 10.0 Å². The minimum Gasteiger partial charge on any atom is -0.347 e. The zero-order chi connectivity index (χ0) is 20.9. The predicted molar refractivity (Wildman–Crippen MR) is 117 cm³/mol. The standard InChI is InChI=1S/C24H28N2O3S/c1-16-5-7-22(8-6-16)30(28,29)26-21-4-2-3-20(12-21)23(27)25-24-13-17-9-18(14-24)11-19(10-17)15-24/h2-8,12,17-19,26H,9-11,13-15H2,1H3,(H,25,27). The van der Waals surface area contributed by atoms with E-state index in [-0.39, 0.29) is 16.3 Å². The number of rotatable bonds is 5. The van der Waals surface area contributed by atoms with E-state index in [0.29, 0.717) is 11.3 Å². The number of hydrogen-bond donors (Lipinski definition) is 2. The summed E-state index contributed by atoms with van der Waals surface area (Å²) in [5, 5.41) is 3.35. The van der Waals surface area contributed by atoms with Crippen LogP contribution in [0.15, 0.2) is 53.4 Å². The van der Waals surface area contributed by atoms with E-state index in [1.54, 1.807) is 48.5 Å². The number of benzene rings is 2. The van der Waals surface area contributed by atoms with Crippen molar-refractivity contribution in [3.05, 3.63) is 59.7 Å². The molecule has 2 aromatic rings. The summed E-state index contributed by atoms with van der Waals surface area (Å²) in [7, 11) is -3.70. The van der Waals surface area contributed by atoms with Crippen molar-refractivity contribution >= 4 is 21.6 Å². The number of sulfonamides is 1. The first kappa shape index (κ1) is 19.6. The molecule has 0 saturated heterocycles. The van der Waals surface area contributed by atoms with Crippen LogP contribution in [0.3, 0.4) is 0 Å². The van der Waals surface area contributed by atoms with Crippen molar-refractivity contribution < 1.29 is 13.2 Å². The molecule has 6 heteroatoms. The number of anilines is 1. The Kier molecular flexibility index (Phi) is 4.65. The third kappa shape index (κ3) is 3.73. The van der Waals surface area contributed by atoms with Crippen molar-refractivity contribution in [1.29, 1.82) is 0 Å². The van der Waals surface area contributed by atoms with Crippen LogP contribution in [0, 0.1) is 24.7 Å². The fraction of sp³-hybridized carbons (Fsp3) is 0.458. The Morgan fingerprint density at radius 1 is 0.933 bits per heavy atom. The van der Waals surface area contributed by atoms with Gasteiger partial charge in [0.05, 0.1) is 4.90 Å². The molecule has 0 unspecified atom stereocenters. The molecule has 1 amide bonds. The van der Waals surface area contributed by atoms with Gasteiger partial charge in [0.25, 0.3) is 15.9 Å². The van der Waals surface area contributed by atoms with Crippen LogP contribution in [0.4, 0.5) is 5.69 Å². The first-order valence-corrected chi connectivity index (χ1v) is 12.3. The molecule has 2 aromatic carbocycles. The lowest BCUT2D eigenvalue weighted by Gasteiger charge is -2.56. The summed E-state index contributed by atoms with van der Waals surface area (Å²) in [6.07, 6.45) is 7.24. The van der Waals surface area contributed by atoms with Crippen LogP contribution in [-0.4, -0.2) is 19.9 Å². The highest BCUT2D eigenvalue weighted by atomic mass is 32.2. The molecular formula is C24H28N2O3S. The minimum absolute atomic E-state index is 0.0662. The average Bonchev–Trinajstić information content (AvgIpc) is 2.67. The monoisotopic (exact) mass is 424 g/mol. The second-order valence-corrected chi connectivity index (χ2v) is 11.3. The highest BCUT2D eigenvalue weighted by Crippen LogP contribution is 2.55. The topological polar surface area (TPSA) is 75.3 Å². The number of carbonyl (C=O) groups excluding carboxylic acids is 1. The van der Waals surface area contributed by atoms with Crippen LogP contribution >= 0.6 is 0 Å². The van der Waals surface area contributed by atoms with Gasteiger partial charge in [-0.3, -0.25) is 9.52 Å². The van der Waals surface area contributed by atoms with Crippen molar-refractivity contribution in [3.8, 4) is 0 Å². The smallest absolute Gasteiger partial charge is 0.261 e. The molecule has 4 fully saturated rings. The average molecular weight is 425 g/mol. The summed E-state index contributed by atoms with van der Waals surface area (Å²) < 4.78 is 28.0. The van der Waals surface area contributed by atoms with E-state index >= 15 is 0 Å². The SMILES string of the molecule is Cc1ccc(S(=O)(=O)Nc2cccc(C(=O)NC34CC5CC(CC(C5)C3)C4)c2)cc1. The maximum absolute atomic E-state index is 13.1. The van der Waals surface area contributed by atoms with Crippen molar-refractivity contribution in [2.24, 2.45) is 17.8 Å². The van der Waals surface area contributed by atoms with E-state index in [1.807, 2.05) is 6.92 Å². The number of amides is 1. The van der Waals surface area contributed by atoms with Gasteiger partial charge in [0.15, 0.2) is 0 Å². The molecule has 0 heterocycles. The van der Waals surface area contributed by atoms with Crippen LogP contribution in [-0.2, 0) is 10.0 Å². The molecule has 2 N–H and O–H groups in total. The van der Waals surface area contributed by atoms with Crippen LogP contribution in [0.1, 0.15) is 54.4 Å². The fourth-order valence-electron chi connectivity index (χ4n) is 6.23. The Morgan fingerprint density at radius 3 is 2.13 bits per heavy atom. The lowest BCUT2D eigenvalue weighted by atomic mass is 9.53. The van der Waals surface area contributed by atoms with E-state index in [2.05, 4.69) is 10.0 Å². The van der Waals surface area contributed by atoms with Gasteiger partial charge in [0.1, 0.15) is 0 Å². The summed E-state index contributed by atoms with van der Waals surface area (Å²) >= 11 is 0. The minimum atomic E-state index is -3.70. The van der Waals surface area contributed by atoms with Crippen LogP contribution in [0.2, 0.25) is 0 Å². The third-order valence-electron chi connectivity index (χ3n) is 7.13. The molecule has 0 atom stereocenters. The summed E-state index contributed by atoms with van der Waals surface area (Å²) in [5.41, 5.74) is 1.82. The zero-order valence-corrected chi connectivity index (χ0v) is 18.0. The molecule has 4 aliphatic carbocycles. The fourth-order valence-corrected chi connectivity index (χ4v) is 7.28. The van der Waals surface area contributed by atoms with E-state index < -0.39 is 10.0 Å². The van der Waals surface area contributed by atoms with Gasteiger partial charge in [-0.05, 0) is 93.5 Å². The first-order valence-electron chi connectivity index (χ1n) is 10.8.